The van der Waals surface area contributed by atoms with Crippen LogP contribution < -0.4 is 0 Å². The molecule has 0 fully saturated rings. The number of carbonyl (C=O) groups excluding carboxylic acids is 1. The number of aliphatic hydroxyl groups is 1. The highest BCUT2D eigenvalue weighted by Crippen LogP contribution is 2.14. The molecule has 0 atom stereocenters. The molecule has 0 aliphatic heterocycles. The second-order valence-corrected chi connectivity index (χ2v) is 3.19. The number of ether oxygens (including phenoxy) is 1. The minimum Gasteiger partial charge on any atom is -0.465 e. The van der Waals surface area contributed by atoms with E-state index in [4.69, 9.17) is 5.11 Å². The number of nitrogens with zero attached hydrogens (tertiary/aromatic N) is 3. The van der Waals surface area contributed by atoms with Gasteiger partial charge < -0.3 is 9.84 Å². The van der Waals surface area contributed by atoms with Crippen molar-refractivity contribution in [3.8, 4) is 0 Å². The van der Waals surface area contributed by atoms with E-state index in [0.29, 0.717) is 17.8 Å². The first-order valence-electron chi connectivity index (χ1n) is 5.17. The molecule has 1 aromatic rings. The van der Waals surface area contributed by atoms with Crippen molar-refractivity contribution in [2.24, 2.45) is 10.3 Å². The summed E-state index contributed by atoms with van der Waals surface area (Å²) in [5.41, 5.74) is 1.06. The molecule has 0 bridgehead atoms. The van der Waals surface area contributed by atoms with Crippen LogP contribution in [0.4, 0.5) is 5.69 Å². The predicted molar refractivity (Wildman–Crippen MR) is 61.8 cm³/mol. The van der Waals surface area contributed by atoms with Crippen molar-refractivity contribution >= 4 is 11.7 Å². The first kappa shape index (κ1) is 13.1. The van der Waals surface area contributed by atoms with Gasteiger partial charge in [-0.3, -0.25) is 5.01 Å². The van der Waals surface area contributed by atoms with Crippen LogP contribution in [0.1, 0.15) is 17.3 Å². The second kappa shape index (κ2) is 6.59. The Labute approximate surface area is 99.5 Å². The zero-order valence-corrected chi connectivity index (χ0v) is 9.83. The lowest BCUT2D eigenvalue weighted by Gasteiger charge is -2.09. The summed E-state index contributed by atoms with van der Waals surface area (Å²) in [5, 5.41) is 18.0. The highest BCUT2D eigenvalue weighted by molar-refractivity contribution is 5.89. The number of hydrogen-bond donors (Lipinski definition) is 1. The maximum atomic E-state index is 11.2. The Morgan fingerprint density at radius 3 is 2.53 bits per heavy atom. The van der Waals surface area contributed by atoms with Gasteiger partial charge in [0, 0.05) is 6.54 Å². The summed E-state index contributed by atoms with van der Waals surface area (Å²) in [4.78, 5) is 11.2. The number of rotatable bonds is 5. The quantitative estimate of drug-likeness (QED) is 0.366. The molecule has 0 aliphatic rings. The van der Waals surface area contributed by atoms with Crippen LogP contribution in [0.5, 0.6) is 0 Å². The number of methoxy groups -OCH3 is 1. The third-order valence-corrected chi connectivity index (χ3v) is 2.10. The Balaban J connectivity index is 2.71. The zero-order chi connectivity index (χ0) is 12.7. The summed E-state index contributed by atoms with van der Waals surface area (Å²) < 4.78 is 4.57. The summed E-state index contributed by atoms with van der Waals surface area (Å²) in [6, 6.07) is 6.52. The van der Waals surface area contributed by atoms with Crippen molar-refractivity contribution in [2.75, 3.05) is 20.4 Å². The van der Waals surface area contributed by atoms with E-state index in [1.807, 2.05) is 6.92 Å². The molecule has 0 saturated carbocycles. The van der Waals surface area contributed by atoms with E-state index >= 15 is 0 Å². The van der Waals surface area contributed by atoms with Crippen LogP contribution in [0.2, 0.25) is 0 Å². The van der Waals surface area contributed by atoms with Crippen molar-refractivity contribution in [3.05, 3.63) is 29.8 Å². The van der Waals surface area contributed by atoms with E-state index in [2.05, 4.69) is 15.1 Å². The molecule has 0 aromatic heterocycles. The molecule has 0 unspecified atom stereocenters. The Bertz CT molecular complexity index is 385. The third kappa shape index (κ3) is 3.84. The molecular formula is C11H15N3O3. The van der Waals surface area contributed by atoms with Gasteiger partial charge in [-0.05, 0) is 31.2 Å². The van der Waals surface area contributed by atoms with E-state index in [-0.39, 0.29) is 12.7 Å². The maximum Gasteiger partial charge on any atom is 0.337 e. The van der Waals surface area contributed by atoms with Gasteiger partial charge in [0.1, 0.15) is 6.73 Å². The minimum atomic E-state index is -0.390. The van der Waals surface area contributed by atoms with Crippen molar-refractivity contribution in [2.45, 2.75) is 6.92 Å². The molecule has 1 aromatic carbocycles. The first-order chi connectivity index (χ1) is 8.21. The maximum absolute atomic E-state index is 11.2. The molecule has 1 rings (SSSR count). The van der Waals surface area contributed by atoms with Crippen LogP contribution in [0.25, 0.3) is 0 Å². The molecule has 17 heavy (non-hydrogen) atoms. The van der Waals surface area contributed by atoms with Crippen LogP contribution in [0.15, 0.2) is 34.6 Å². The highest BCUT2D eigenvalue weighted by Gasteiger charge is 2.03. The summed E-state index contributed by atoms with van der Waals surface area (Å²) in [5.74, 6) is -0.390. The summed E-state index contributed by atoms with van der Waals surface area (Å²) in [6.45, 7) is 2.25. The fourth-order valence-corrected chi connectivity index (χ4v) is 1.09. The molecule has 0 amide bonds. The van der Waals surface area contributed by atoms with Crippen molar-refractivity contribution in [1.82, 2.24) is 5.01 Å². The average molecular weight is 237 g/mol. The standard InChI is InChI=1S/C11H15N3O3/c1-3-14(8-15)13-12-10-6-4-9(5-7-10)11(16)17-2/h4-7,15H,3,8H2,1-2H3. The predicted octanol–water partition coefficient (Wildman–Crippen LogP) is 1.74. The molecule has 0 aliphatic carbocycles. The van der Waals surface area contributed by atoms with E-state index in [1.54, 1.807) is 24.3 Å². The molecular weight excluding hydrogens is 222 g/mol. The normalized spacial score (nSPS) is 10.5. The molecule has 0 radical (unpaired) electrons. The van der Waals surface area contributed by atoms with Crippen molar-refractivity contribution in [1.29, 1.82) is 0 Å². The van der Waals surface area contributed by atoms with Crippen LogP contribution >= 0.6 is 0 Å². The van der Waals surface area contributed by atoms with Gasteiger partial charge in [-0.25, -0.2) is 4.79 Å². The second-order valence-electron chi connectivity index (χ2n) is 3.19. The Morgan fingerprint density at radius 2 is 2.06 bits per heavy atom. The van der Waals surface area contributed by atoms with Crippen LogP contribution in [-0.4, -0.2) is 36.5 Å². The molecule has 0 saturated heterocycles. The van der Waals surface area contributed by atoms with Crippen molar-refractivity contribution in [3.63, 3.8) is 0 Å². The lowest BCUT2D eigenvalue weighted by Crippen LogP contribution is -2.16. The van der Waals surface area contributed by atoms with Gasteiger partial charge >= 0.3 is 5.97 Å². The summed E-state index contributed by atoms with van der Waals surface area (Å²) in [7, 11) is 1.33. The SMILES string of the molecule is CCN(CO)N=Nc1ccc(C(=O)OC)cc1. The average Bonchev–Trinajstić information content (AvgIpc) is 2.39. The molecule has 1 N–H and O–H groups in total. The third-order valence-electron chi connectivity index (χ3n) is 2.10. The molecule has 0 spiro atoms. The largest absolute Gasteiger partial charge is 0.465 e. The van der Waals surface area contributed by atoms with Gasteiger partial charge in [0.25, 0.3) is 0 Å². The smallest absolute Gasteiger partial charge is 0.337 e. The van der Waals surface area contributed by atoms with E-state index in [9.17, 15) is 4.79 Å². The molecule has 0 heterocycles. The Morgan fingerprint density at radius 1 is 1.41 bits per heavy atom. The highest BCUT2D eigenvalue weighted by atomic mass is 16.5. The van der Waals surface area contributed by atoms with Crippen molar-refractivity contribution < 1.29 is 14.6 Å². The topological polar surface area (TPSA) is 74.5 Å². The van der Waals surface area contributed by atoms with Gasteiger partial charge in [0.15, 0.2) is 0 Å². The van der Waals surface area contributed by atoms with Gasteiger partial charge in [0.2, 0.25) is 0 Å². The number of hydrogen-bond acceptors (Lipinski definition) is 5. The number of aliphatic hydroxyl groups excluding tert-OH is 1. The fraction of sp³-hybridized carbons (Fsp3) is 0.364. The van der Waals surface area contributed by atoms with Gasteiger partial charge in [-0.2, -0.15) is 0 Å². The van der Waals surface area contributed by atoms with Crippen LogP contribution in [-0.2, 0) is 4.74 Å². The van der Waals surface area contributed by atoms with Crippen LogP contribution in [0.3, 0.4) is 0 Å². The zero-order valence-electron chi connectivity index (χ0n) is 9.83. The fourth-order valence-electron chi connectivity index (χ4n) is 1.09. The van der Waals surface area contributed by atoms with E-state index in [1.165, 1.54) is 12.1 Å². The monoisotopic (exact) mass is 237 g/mol. The first-order valence-corrected chi connectivity index (χ1v) is 5.17. The van der Waals surface area contributed by atoms with Crippen LogP contribution in [0, 0.1) is 0 Å². The molecule has 6 heteroatoms. The lowest BCUT2D eigenvalue weighted by molar-refractivity contribution is 0.0601. The Hall–Kier alpha value is -1.95. The molecule has 92 valence electrons. The van der Waals surface area contributed by atoms with E-state index < -0.39 is 0 Å². The van der Waals surface area contributed by atoms with Gasteiger partial charge in [0.05, 0.1) is 18.4 Å². The van der Waals surface area contributed by atoms with E-state index in [0.717, 1.165) is 0 Å². The van der Waals surface area contributed by atoms with Gasteiger partial charge in [-0.15, -0.1) is 5.11 Å². The minimum absolute atomic E-state index is 0.180. The number of benzene rings is 1. The Kier molecular flexibility index (Phi) is 5.09. The summed E-state index contributed by atoms with van der Waals surface area (Å²) in [6.07, 6.45) is 0. The summed E-state index contributed by atoms with van der Waals surface area (Å²) >= 11 is 0. The molecule has 6 nitrogen and oxygen atoms in total. The number of carbonyl (C=O) groups is 1. The lowest BCUT2D eigenvalue weighted by atomic mass is 10.2. The number of esters is 1. The van der Waals surface area contributed by atoms with Gasteiger partial charge in [-0.1, -0.05) is 5.22 Å².